The molecule has 0 spiro atoms. The van der Waals surface area contributed by atoms with Crippen LogP contribution in [0, 0.1) is 3.57 Å². The first-order chi connectivity index (χ1) is 8.83. The Hall–Kier alpha value is -0.840. The van der Waals surface area contributed by atoms with Gasteiger partial charge >= 0.3 is 0 Å². The van der Waals surface area contributed by atoms with E-state index >= 15 is 0 Å². The van der Waals surface area contributed by atoms with Crippen LogP contribution in [0.4, 0.5) is 0 Å². The number of rotatable bonds is 6. The third kappa shape index (κ3) is 3.34. The van der Waals surface area contributed by atoms with Crippen LogP contribution >= 0.6 is 22.6 Å². The summed E-state index contributed by atoms with van der Waals surface area (Å²) in [4.78, 5) is 0. The van der Waals surface area contributed by atoms with Crippen molar-refractivity contribution in [1.82, 2.24) is 5.16 Å². The summed E-state index contributed by atoms with van der Waals surface area (Å²) < 4.78 is 6.64. The summed E-state index contributed by atoms with van der Waals surface area (Å²) in [6.07, 6.45) is 6.07. The van der Waals surface area contributed by atoms with Crippen molar-refractivity contribution in [3.8, 4) is 11.3 Å². The molecule has 0 saturated heterocycles. The highest BCUT2D eigenvalue weighted by Crippen LogP contribution is 2.28. The van der Waals surface area contributed by atoms with E-state index in [2.05, 4.69) is 46.8 Å². The smallest absolute Gasteiger partial charge is 0.180 e. The summed E-state index contributed by atoms with van der Waals surface area (Å²) in [5.41, 5.74) is 2.21. The lowest BCUT2D eigenvalue weighted by atomic mass is 10.1. The summed E-state index contributed by atoms with van der Waals surface area (Å²) in [5.74, 6) is 0.904. The van der Waals surface area contributed by atoms with Crippen molar-refractivity contribution in [3.05, 3.63) is 39.6 Å². The fourth-order valence-electron chi connectivity index (χ4n) is 1.96. The molecule has 0 radical (unpaired) electrons. The zero-order chi connectivity index (χ0) is 12.8. The molecule has 2 nitrogen and oxygen atoms in total. The number of benzene rings is 1. The van der Waals surface area contributed by atoms with Crippen LogP contribution in [0.3, 0.4) is 0 Å². The molecular formula is C15H18INO. The summed E-state index contributed by atoms with van der Waals surface area (Å²) in [5, 5.41) is 4.21. The van der Waals surface area contributed by atoms with Crippen molar-refractivity contribution in [2.45, 2.75) is 39.0 Å². The standard InChI is InChI=1S/C15H18INO/c1-2-3-4-8-11-13-14(16)15(18-17-13)12-9-6-5-7-10-12/h5-7,9-10H,2-4,8,11H2,1H3. The molecule has 2 aromatic rings. The molecule has 1 heterocycles. The Morgan fingerprint density at radius 1 is 1.11 bits per heavy atom. The zero-order valence-electron chi connectivity index (χ0n) is 10.7. The monoisotopic (exact) mass is 355 g/mol. The first kappa shape index (κ1) is 13.6. The van der Waals surface area contributed by atoms with Gasteiger partial charge in [-0.25, -0.2) is 0 Å². The minimum Gasteiger partial charge on any atom is -0.355 e. The summed E-state index contributed by atoms with van der Waals surface area (Å²) in [6, 6.07) is 10.2. The topological polar surface area (TPSA) is 26.0 Å². The van der Waals surface area contributed by atoms with Gasteiger partial charge in [-0.15, -0.1) is 0 Å². The quantitative estimate of drug-likeness (QED) is 0.534. The Balaban J connectivity index is 2.05. The first-order valence-electron chi connectivity index (χ1n) is 6.52. The average molecular weight is 355 g/mol. The van der Waals surface area contributed by atoms with Crippen LogP contribution in [-0.2, 0) is 6.42 Å². The summed E-state index contributed by atoms with van der Waals surface area (Å²) >= 11 is 2.34. The fourth-order valence-corrected chi connectivity index (χ4v) is 2.73. The van der Waals surface area contributed by atoms with Gasteiger partial charge in [-0.1, -0.05) is 61.7 Å². The number of unbranched alkanes of at least 4 members (excludes halogenated alkanes) is 3. The highest BCUT2D eigenvalue weighted by molar-refractivity contribution is 14.1. The molecule has 0 fully saturated rings. The van der Waals surface area contributed by atoms with Crippen molar-refractivity contribution in [2.24, 2.45) is 0 Å². The van der Waals surface area contributed by atoms with Crippen molar-refractivity contribution in [2.75, 3.05) is 0 Å². The van der Waals surface area contributed by atoms with Gasteiger partial charge in [-0.3, -0.25) is 0 Å². The number of nitrogens with zero attached hydrogens (tertiary/aromatic N) is 1. The van der Waals surface area contributed by atoms with Crippen molar-refractivity contribution >= 4 is 22.6 Å². The van der Waals surface area contributed by atoms with E-state index in [1.54, 1.807) is 0 Å². The predicted octanol–water partition coefficient (Wildman–Crippen LogP) is 5.07. The van der Waals surface area contributed by atoms with Crippen molar-refractivity contribution < 1.29 is 4.52 Å². The molecule has 18 heavy (non-hydrogen) atoms. The van der Waals surface area contributed by atoms with Crippen LogP contribution in [0.15, 0.2) is 34.9 Å². The lowest BCUT2D eigenvalue weighted by molar-refractivity contribution is 0.421. The molecule has 0 bridgehead atoms. The van der Waals surface area contributed by atoms with Crippen molar-refractivity contribution in [1.29, 1.82) is 0 Å². The van der Waals surface area contributed by atoms with Crippen LogP contribution < -0.4 is 0 Å². The Morgan fingerprint density at radius 3 is 2.61 bits per heavy atom. The second kappa shape index (κ2) is 6.92. The predicted molar refractivity (Wildman–Crippen MR) is 82.5 cm³/mol. The van der Waals surface area contributed by atoms with E-state index in [1.165, 1.54) is 25.7 Å². The van der Waals surface area contributed by atoms with E-state index in [0.29, 0.717) is 0 Å². The number of halogens is 1. The molecule has 1 aromatic carbocycles. The number of hydrogen-bond donors (Lipinski definition) is 0. The number of aromatic nitrogens is 1. The molecule has 3 heteroatoms. The van der Waals surface area contributed by atoms with Crippen LogP contribution in [0.5, 0.6) is 0 Å². The Bertz CT molecular complexity index is 478. The van der Waals surface area contributed by atoms with Gasteiger partial charge in [0.05, 0.1) is 9.26 Å². The lowest BCUT2D eigenvalue weighted by Crippen LogP contribution is -1.89. The molecule has 0 N–H and O–H groups in total. The molecule has 0 aliphatic heterocycles. The molecule has 0 atom stereocenters. The van der Waals surface area contributed by atoms with Crippen LogP contribution in [0.1, 0.15) is 38.3 Å². The first-order valence-corrected chi connectivity index (χ1v) is 7.60. The van der Waals surface area contributed by atoms with Gasteiger partial charge < -0.3 is 4.52 Å². The summed E-state index contributed by atoms with van der Waals surface area (Å²) in [7, 11) is 0. The maximum absolute atomic E-state index is 5.48. The molecule has 0 unspecified atom stereocenters. The average Bonchev–Trinajstić information content (AvgIpc) is 2.77. The van der Waals surface area contributed by atoms with E-state index in [-0.39, 0.29) is 0 Å². The molecular weight excluding hydrogens is 337 g/mol. The van der Waals surface area contributed by atoms with Crippen LogP contribution in [-0.4, -0.2) is 5.16 Å². The minimum absolute atomic E-state index is 0.904. The SMILES string of the molecule is CCCCCCc1noc(-c2ccccc2)c1I. The Kier molecular flexibility index (Phi) is 5.23. The van der Waals surface area contributed by atoms with E-state index < -0.39 is 0 Å². The third-order valence-corrected chi connectivity index (χ3v) is 4.12. The Labute approximate surface area is 122 Å². The third-order valence-electron chi connectivity index (χ3n) is 3.00. The molecule has 2 rings (SSSR count). The highest BCUT2D eigenvalue weighted by Gasteiger charge is 2.14. The molecule has 0 aliphatic carbocycles. The van der Waals surface area contributed by atoms with Crippen molar-refractivity contribution in [3.63, 3.8) is 0 Å². The second-order valence-electron chi connectivity index (χ2n) is 4.45. The van der Waals surface area contributed by atoms with Gasteiger partial charge in [-0.2, -0.15) is 0 Å². The second-order valence-corrected chi connectivity index (χ2v) is 5.53. The molecule has 96 valence electrons. The largest absolute Gasteiger partial charge is 0.355 e. The van der Waals surface area contributed by atoms with Gasteiger partial charge in [0.1, 0.15) is 0 Å². The summed E-state index contributed by atoms with van der Waals surface area (Å²) in [6.45, 7) is 2.23. The zero-order valence-corrected chi connectivity index (χ0v) is 12.8. The van der Waals surface area contributed by atoms with Crippen LogP contribution in [0.2, 0.25) is 0 Å². The Morgan fingerprint density at radius 2 is 1.89 bits per heavy atom. The fraction of sp³-hybridized carbons (Fsp3) is 0.400. The van der Waals surface area contributed by atoms with E-state index in [9.17, 15) is 0 Å². The molecule has 1 aromatic heterocycles. The van der Waals surface area contributed by atoms with Crippen LogP contribution in [0.25, 0.3) is 11.3 Å². The molecule has 0 aliphatic rings. The van der Waals surface area contributed by atoms with E-state index in [1.807, 2.05) is 18.2 Å². The number of aryl methyl sites for hydroxylation is 1. The normalized spacial score (nSPS) is 10.8. The lowest BCUT2D eigenvalue weighted by Gasteiger charge is -1.98. The van der Waals surface area contributed by atoms with E-state index in [0.717, 1.165) is 27.0 Å². The van der Waals surface area contributed by atoms with Gasteiger partial charge in [0, 0.05) is 5.56 Å². The molecule has 0 amide bonds. The van der Waals surface area contributed by atoms with Gasteiger partial charge in [0.2, 0.25) is 0 Å². The number of hydrogen-bond acceptors (Lipinski definition) is 2. The van der Waals surface area contributed by atoms with Gasteiger partial charge in [0.25, 0.3) is 0 Å². The van der Waals surface area contributed by atoms with Gasteiger partial charge in [-0.05, 0) is 35.4 Å². The highest BCUT2D eigenvalue weighted by atomic mass is 127. The minimum atomic E-state index is 0.904. The molecule has 0 saturated carbocycles. The van der Waals surface area contributed by atoms with E-state index in [4.69, 9.17) is 4.52 Å². The maximum atomic E-state index is 5.48. The van der Waals surface area contributed by atoms with Gasteiger partial charge in [0.15, 0.2) is 5.76 Å². The maximum Gasteiger partial charge on any atom is 0.180 e.